The third kappa shape index (κ3) is 53.8. The number of likely N-dealkylation sites (N-methyl/N-ethyl adjacent to an activating group) is 1. The van der Waals surface area contributed by atoms with E-state index in [0.29, 0.717) is 17.4 Å². The Hall–Kier alpha value is -1.80. The third-order valence-electron chi connectivity index (χ3n) is 12.9. The molecule has 0 fully saturated rings. The van der Waals surface area contributed by atoms with Gasteiger partial charge in [-0.1, -0.05) is 242 Å². The van der Waals surface area contributed by atoms with Crippen LogP contribution in [0.25, 0.3) is 0 Å². The van der Waals surface area contributed by atoms with Gasteiger partial charge >= 0.3 is 0 Å². The highest BCUT2D eigenvalue weighted by Gasteiger charge is 2.23. The monoisotopic (exact) mass is 989 g/mol. The van der Waals surface area contributed by atoms with Gasteiger partial charge in [-0.15, -0.1) is 0 Å². The smallest absolute Gasteiger partial charge is 0.268 e. The van der Waals surface area contributed by atoms with Gasteiger partial charge in [0.05, 0.1) is 39.9 Å². The fourth-order valence-electron chi connectivity index (χ4n) is 8.33. The van der Waals surface area contributed by atoms with Crippen LogP contribution >= 0.6 is 7.82 Å². The molecule has 9 heteroatoms. The molecule has 0 heterocycles. The molecule has 3 atom stereocenters. The molecule has 2 N–H and O–H groups in total. The van der Waals surface area contributed by atoms with E-state index in [1.807, 2.05) is 27.2 Å². The Balaban J connectivity index is 4.12. The largest absolute Gasteiger partial charge is 0.756 e. The van der Waals surface area contributed by atoms with Crippen molar-refractivity contribution < 1.29 is 32.9 Å². The lowest BCUT2D eigenvalue weighted by atomic mass is 10.0. The summed E-state index contributed by atoms with van der Waals surface area (Å²) in [6, 6.07) is -0.910. The molecule has 0 aromatic heterocycles. The number of rotatable bonds is 53. The van der Waals surface area contributed by atoms with Crippen molar-refractivity contribution >= 4 is 13.7 Å². The molecule has 69 heavy (non-hydrogen) atoms. The number of hydrogen-bond acceptors (Lipinski definition) is 6. The van der Waals surface area contributed by atoms with E-state index in [1.54, 1.807) is 6.08 Å². The first-order chi connectivity index (χ1) is 33.5. The zero-order valence-corrected chi connectivity index (χ0v) is 46.9. The van der Waals surface area contributed by atoms with Crippen molar-refractivity contribution in [3.8, 4) is 0 Å². The first kappa shape index (κ1) is 67.2. The van der Waals surface area contributed by atoms with Crippen LogP contribution in [0.2, 0.25) is 0 Å². The van der Waals surface area contributed by atoms with Crippen LogP contribution in [0, 0.1) is 0 Å². The Labute approximate surface area is 428 Å². The SMILES string of the molecule is CCCCCCC/C=C\C/C=C\CCCCCCCCCCCCCCCCCCCCCC(=O)NC(COP(=O)([O-])OCC[N+](C)(C)C)C(O)/C=C/CC/C=C/CC/C=C/CCCCCCCC. The fraction of sp³-hybridized carbons (Fsp3) is 0.817. The summed E-state index contributed by atoms with van der Waals surface area (Å²) < 4.78 is 23.3. The molecule has 404 valence electrons. The lowest BCUT2D eigenvalue weighted by Gasteiger charge is -2.29. The number of aliphatic hydroxyl groups excluding tert-OH is 1. The molecule has 1 amide bonds. The number of carbonyl (C=O) groups is 1. The maximum absolute atomic E-state index is 13.0. The molecule has 0 saturated heterocycles. The summed E-state index contributed by atoms with van der Waals surface area (Å²) in [5.41, 5.74) is 0. The molecule has 0 aliphatic heterocycles. The zero-order chi connectivity index (χ0) is 50.6. The number of phosphoric ester groups is 1. The van der Waals surface area contributed by atoms with Crippen LogP contribution in [0.15, 0.2) is 60.8 Å². The van der Waals surface area contributed by atoms with Gasteiger partial charge in [0, 0.05) is 6.42 Å². The third-order valence-corrected chi connectivity index (χ3v) is 13.9. The summed E-state index contributed by atoms with van der Waals surface area (Å²) in [6.45, 7) is 4.61. The minimum Gasteiger partial charge on any atom is -0.756 e. The van der Waals surface area contributed by atoms with Crippen molar-refractivity contribution in [1.82, 2.24) is 5.32 Å². The lowest BCUT2D eigenvalue weighted by Crippen LogP contribution is -2.45. The molecule has 3 unspecified atom stereocenters. The quantitative estimate of drug-likeness (QED) is 0.0272. The van der Waals surface area contributed by atoms with E-state index in [4.69, 9.17) is 9.05 Å². The Morgan fingerprint density at radius 2 is 0.855 bits per heavy atom. The molecule has 0 aliphatic rings. The van der Waals surface area contributed by atoms with Gasteiger partial charge in [-0.25, -0.2) is 0 Å². The molecule has 0 aromatic carbocycles. The van der Waals surface area contributed by atoms with Crippen LogP contribution < -0.4 is 10.2 Å². The lowest BCUT2D eigenvalue weighted by molar-refractivity contribution is -0.870. The van der Waals surface area contributed by atoms with E-state index in [0.717, 1.165) is 51.4 Å². The minimum atomic E-state index is -4.61. The summed E-state index contributed by atoms with van der Waals surface area (Å²) in [7, 11) is 1.24. The van der Waals surface area contributed by atoms with E-state index < -0.39 is 26.6 Å². The van der Waals surface area contributed by atoms with Crippen LogP contribution in [0.1, 0.15) is 264 Å². The summed E-state index contributed by atoms with van der Waals surface area (Å²) in [5.74, 6) is -0.210. The van der Waals surface area contributed by atoms with Crippen LogP contribution in [0.3, 0.4) is 0 Å². The van der Waals surface area contributed by atoms with E-state index >= 15 is 0 Å². The number of amides is 1. The first-order valence-electron chi connectivity index (χ1n) is 29.2. The van der Waals surface area contributed by atoms with Gasteiger partial charge < -0.3 is 28.8 Å². The maximum Gasteiger partial charge on any atom is 0.268 e. The van der Waals surface area contributed by atoms with Gasteiger partial charge in [0.1, 0.15) is 13.2 Å². The number of aliphatic hydroxyl groups is 1. The molecular formula is C60H113N2O6P. The summed E-state index contributed by atoms with van der Waals surface area (Å²) in [5, 5.41) is 13.8. The Bertz CT molecular complexity index is 1310. The van der Waals surface area contributed by atoms with Crippen molar-refractivity contribution in [1.29, 1.82) is 0 Å². The molecule has 0 rings (SSSR count). The molecule has 0 saturated carbocycles. The van der Waals surface area contributed by atoms with Gasteiger partial charge in [0.2, 0.25) is 5.91 Å². The van der Waals surface area contributed by atoms with Gasteiger partial charge in [0.25, 0.3) is 7.82 Å². The Morgan fingerprint density at radius 3 is 1.26 bits per heavy atom. The molecule has 8 nitrogen and oxygen atoms in total. The summed E-state index contributed by atoms with van der Waals surface area (Å²) >= 11 is 0. The summed E-state index contributed by atoms with van der Waals surface area (Å²) in [6.07, 6.45) is 68.8. The standard InChI is InChI=1S/C60H113N2O6P/c1-6-8-10-12-14-16-18-20-22-24-25-26-27-28-29-30-31-32-33-34-35-36-37-38-40-42-44-46-48-50-52-54-60(64)61-58(57-68-69(65,66)67-56-55-62(3,4)5)59(63)53-51-49-47-45-43-41-39-23-21-19-17-15-13-11-9-7-2/h18,20-21,23-25,43,45,51,53,58-59,63H,6-17,19,22,26-42,44,46-50,52,54-57H2,1-5H3,(H-,61,64,65,66)/b20-18-,23-21+,25-24-,45-43+,53-51+. The maximum atomic E-state index is 13.0. The minimum absolute atomic E-state index is 0.00945. The average molecular weight is 990 g/mol. The Kier molecular flexibility index (Phi) is 49.8. The van der Waals surface area contributed by atoms with Crippen LogP contribution in [0.5, 0.6) is 0 Å². The molecule has 0 aromatic rings. The predicted molar refractivity (Wildman–Crippen MR) is 297 cm³/mol. The number of nitrogens with zero attached hydrogens (tertiary/aromatic N) is 1. The molecule has 0 radical (unpaired) electrons. The first-order valence-corrected chi connectivity index (χ1v) is 30.6. The van der Waals surface area contributed by atoms with Gasteiger partial charge in [-0.3, -0.25) is 9.36 Å². The van der Waals surface area contributed by atoms with Crippen LogP contribution in [-0.2, 0) is 18.4 Å². The second-order valence-electron chi connectivity index (χ2n) is 21.0. The number of phosphoric acid groups is 1. The van der Waals surface area contributed by atoms with Gasteiger partial charge in [-0.2, -0.15) is 0 Å². The van der Waals surface area contributed by atoms with E-state index in [1.165, 1.54) is 193 Å². The molecule has 0 spiro atoms. The normalized spacial score (nSPS) is 14.4. The number of nitrogens with one attached hydrogen (secondary N) is 1. The van der Waals surface area contributed by atoms with Gasteiger partial charge in [0.15, 0.2) is 0 Å². The van der Waals surface area contributed by atoms with Crippen molar-refractivity contribution in [2.45, 2.75) is 276 Å². The van der Waals surface area contributed by atoms with Crippen LogP contribution in [-0.4, -0.2) is 68.5 Å². The second-order valence-corrected chi connectivity index (χ2v) is 22.4. The van der Waals surface area contributed by atoms with E-state index in [9.17, 15) is 19.4 Å². The van der Waals surface area contributed by atoms with Gasteiger partial charge in [-0.05, 0) is 77.0 Å². The van der Waals surface area contributed by atoms with Crippen molar-refractivity contribution in [3.63, 3.8) is 0 Å². The van der Waals surface area contributed by atoms with E-state index in [-0.39, 0.29) is 12.5 Å². The van der Waals surface area contributed by atoms with Crippen molar-refractivity contribution in [3.05, 3.63) is 60.8 Å². The predicted octanol–water partition coefficient (Wildman–Crippen LogP) is 17.1. The van der Waals surface area contributed by atoms with E-state index in [2.05, 4.69) is 67.8 Å². The highest BCUT2D eigenvalue weighted by Crippen LogP contribution is 2.38. The van der Waals surface area contributed by atoms with Crippen molar-refractivity contribution in [2.24, 2.45) is 0 Å². The van der Waals surface area contributed by atoms with Crippen LogP contribution in [0.4, 0.5) is 0 Å². The summed E-state index contributed by atoms with van der Waals surface area (Å²) in [4.78, 5) is 25.5. The molecule has 0 aliphatic carbocycles. The zero-order valence-electron chi connectivity index (χ0n) is 46.0. The number of hydrogen-bond donors (Lipinski definition) is 2. The average Bonchev–Trinajstić information content (AvgIpc) is 3.31. The number of carbonyl (C=O) groups excluding carboxylic acids is 1. The fourth-order valence-corrected chi connectivity index (χ4v) is 9.06. The number of quaternary nitrogens is 1. The Morgan fingerprint density at radius 1 is 0.507 bits per heavy atom. The topological polar surface area (TPSA) is 108 Å². The number of allylic oxidation sites excluding steroid dienone is 9. The molecular weight excluding hydrogens is 876 g/mol. The molecule has 0 bridgehead atoms. The highest BCUT2D eigenvalue weighted by molar-refractivity contribution is 7.45. The van der Waals surface area contributed by atoms with Crippen molar-refractivity contribution in [2.75, 3.05) is 40.9 Å². The highest BCUT2D eigenvalue weighted by atomic mass is 31.2. The number of unbranched alkanes of at least 4 members (excludes halogenated alkanes) is 32. The second kappa shape index (κ2) is 51.1.